The zero-order chi connectivity index (χ0) is 13.1. The van der Waals surface area contributed by atoms with E-state index in [1.54, 1.807) is 12.0 Å². The number of nitrogens with zero attached hydrogens (tertiary/aromatic N) is 1. The standard InChI is InChI=1S/C12H16FN3O2/c1-8(16-5-2-6-18-16)12(17)15-11-7-9(14)3-4-10(11)13/h3-4,7-8H,2,5-6,14H2,1H3,(H,15,17). The molecule has 0 saturated carbocycles. The van der Waals surface area contributed by atoms with Crippen molar-refractivity contribution in [2.24, 2.45) is 0 Å². The zero-order valence-corrected chi connectivity index (χ0v) is 10.1. The molecule has 2 rings (SSSR count). The lowest BCUT2D eigenvalue weighted by Gasteiger charge is -2.21. The highest BCUT2D eigenvalue weighted by atomic mass is 19.1. The van der Waals surface area contributed by atoms with Crippen LogP contribution >= 0.6 is 0 Å². The molecule has 1 aromatic carbocycles. The smallest absolute Gasteiger partial charge is 0.243 e. The summed E-state index contributed by atoms with van der Waals surface area (Å²) in [6, 6.07) is 3.60. The van der Waals surface area contributed by atoms with Crippen LogP contribution in [0.1, 0.15) is 13.3 Å². The second-order valence-corrected chi connectivity index (χ2v) is 4.23. The number of amides is 1. The molecular formula is C12H16FN3O2. The van der Waals surface area contributed by atoms with Gasteiger partial charge in [-0.05, 0) is 31.5 Å². The molecule has 0 spiro atoms. The van der Waals surface area contributed by atoms with Crippen LogP contribution < -0.4 is 11.1 Å². The number of hydrogen-bond donors (Lipinski definition) is 2. The number of rotatable bonds is 3. The monoisotopic (exact) mass is 253 g/mol. The van der Waals surface area contributed by atoms with E-state index in [0.717, 1.165) is 6.42 Å². The van der Waals surface area contributed by atoms with E-state index in [-0.39, 0.29) is 11.6 Å². The lowest BCUT2D eigenvalue weighted by molar-refractivity contribution is -0.154. The van der Waals surface area contributed by atoms with Gasteiger partial charge in [-0.25, -0.2) is 4.39 Å². The van der Waals surface area contributed by atoms with Gasteiger partial charge in [0, 0.05) is 12.2 Å². The quantitative estimate of drug-likeness (QED) is 0.798. The molecule has 5 nitrogen and oxygen atoms in total. The van der Waals surface area contributed by atoms with Crippen molar-refractivity contribution in [3.8, 4) is 0 Å². The van der Waals surface area contributed by atoms with Crippen molar-refractivity contribution < 1.29 is 14.0 Å². The zero-order valence-electron chi connectivity index (χ0n) is 10.1. The molecule has 1 atom stereocenters. The summed E-state index contributed by atoms with van der Waals surface area (Å²) in [6.07, 6.45) is 0.893. The highest BCUT2D eigenvalue weighted by Gasteiger charge is 2.25. The van der Waals surface area contributed by atoms with Crippen molar-refractivity contribution in [1.82, 2.24) is 5.06 Å². The number of carbonyl (C=O) groups is 1. The lowest BCUT2D eigenvalue weighted by atomic mass is 10.2. The van der Waals surface area contributed by atoms with E-state index in [2.05, 4.69) is 5.32 Å². The summed E-state index contributed by atoms with van der Waals surface area (Å²) in [6.45, 7) is 3.03. The molecule has 1 saturated heterocycles. The van der Waals surface area contributed by atoms with Gasteiger partial charge in [0.15, 0.2) is 0 Å². The van der Waals surface area contributed by atoms with Gasteiger partial charge in [0.1, 0.15) is 11.9 Å². The summed E-state index contributed by atoms with van der Waals surface area (Å²) >= 11 is 0. The Morgan fingerprint density at radius 2 is 2.39 bits per heavy atom. The molecule has 18 heavy (non-hydrogen) atoms. The number of hydroxylamine groups is 2. The van der Waals surface area contributed by atoms with Crippen LogP contribution in [0.15, 0.2) is 18.2 Å². The van der Waals surface area contributed by atoms with Gasteiger partial charge in [0.2, 0.25) is 5.91 Å². The van der Waals surface area contributed by atoms with E-state index in [1.807, 2.05) is 0 Å². The first-order valence-electron chi connectivity index (χ1n) is 5.83. The Balaban J connectivity index is 2.03. The maximum absolute atomic E-state index is 13.5. The average Bonchev–Trinajstić information content (AvgIpc) is 2.86. The average molecular weight is 253 g/mol. The van der Waals surface area contributed by atoms with E-state index >= 15 is 0 Å². The van der Waals surface area contributed by atoms with Crippen LogP contribution in [0.25, 0.3) is 0 Å². The summed E-state index contributed by atoms with van der Waals surface area (Å²) in [5.74, 6) is -0.825. The molecule has 1 aliphatic heterocycles. The first-order valence-corrected chi connectivity index (χ1v) is 5.83. The molecule has 1 amide bonds. The molecule has 1 fully saturated rings. The van der Waals surface area contributed by atoms with E-state index in [0.29, 0.717) is 18.8 Å². The number of nitrogens with one attached hydrogen (secondary N) is 1. The van der Waals surface area contributed by atoms with Gasteiger partial charge >= 0.3 is 0 Å². The Morgan fingerprint density at radius 1 is 1.61 bits per heavy atom. The summed E-state index contributed by atoms with van der Waals surface area (Å²) in [5.41, 5.74) is 6.04. The molecule has 0 aliphatic carbocycles. The second-order valence-electron chi connectivity index (χ2n) is 4.23. The molecule has 3 N–H and O–H groups in total. The van der Waals surface area contributed by atoms with Crippen molar-refractivity contribution in [2.75, 3.05) is 24.2 Å². The van der Waals surface area contributed by atoms with Crippen LogP contribution in [-0.4, -0.2) is 30.2 Å². The van der Waals surface area contributed by atoms with Crippen molar-refractivity contribution in [1.29, 1.82) is 0 Å². The fourth-order valence-corrected chi connectivity index (χ4v) is 1.78. The molecule has 0 bridgehead atoms. The maximum Gasteiger partial charge on any atom is 0.243 e. The largest absolute Gasteiger partial charge is 0.399 e. The molecule has 6 heteroatoms. The minimum Gasteiger partial charge on any atom is -0.399 e. The number of halogens is 1. The molecule has 1 heterocycles. The summed E-state index contributed by atoms with van der Waals surface area (Å²) in [5, 5.41) is 4.11. The number of benzene rings is 1. The minimum atomic E-state index is -0.507. The number of anilines is 2. The van der Waals surface area contributed by atoms with Crippen molar-refractivity contribution >= 4 is 17.3 Å². The van der Waals surface area contributed by atoms with E-state index in [4.69, 9.17) is 10.6 Å². The molecule has 0 radical (unpaired) electrons. The summed E-state index contributed by atoms with van der Waals surface area (Å²) in [7, 11) is 0. The van der Waals surface area contributed by atoms with E-state index < -0.39 is 11.9 Å². The summed E-state index contributed by atoms with van der Waals surface area (Å²) in [4.78, 5) is 17.2. The third kappa shape index (κ3) is 2.77. The van der Waals surface area contributed by atoms with Gasteiger partial charge < -0.3 is 11.1 Å². The molecule has 0 aromatic heterocycles. The van der Waals surface area contributed by atoms with Crippen LogP contribution in [0.4, 0.5) is 15.8 Å². The Kier molecular flexibility index (Phi) is 3.78. The number of carbonyl (C=O) groups excluding carboxylic acids is 1. The second kappa shape index (κ2) is 5.32. The minimum absolute atomic E-state index is 0.0889. The van der Waals surface area contributed by atoms with Crippen molar-refractivity contribution in [2.45, 2.75) is 19.4 Å². The maximum atomic E-state index is 13.5. The molecule has 1 unspecified atom stereocenters. The molecule has 98 valence electrons. The van der Waals surface area contributed by atoms with Gasteiger partial charge in [-0.1, -0.05) is 0 Å². The molecule has 1 aromatic rings. The third-order valence-electron chi connectivity index (χ3n) is 2.84. The SMILES string of the molecule is CC(C(=O)Nc1cc(N)ccc1F)N1CCCO1. The third-order valence-corrected chi connectivity index (χ3v) is 2.84. The van der Waals surface area contributed by atoms with Crippen LogP contribution in [0.5, 0.6) is 0 Å². The van der Waals surface area contributed by atoms with Gasteiger partial charge in [0.25, 0.3) is 0 Å². The van der Waals surface area contributed by atoms with Crippen LogP contribution in [0, 0.1) is 5.82 Å². The fourth-order valence-electron chi connectivity index (χ4n) is 1.78. The van der Waals surface area contributed by atoms with E-state index in [9.17, 15) is 9.18 Å². The normalized spacial score (nSPS) is 17.7. The number of nitrogens with two attached hydrogens (primary N) is 1. The Hall–Kier alpha value is -1.66. The van der Waals surface area contributed by atoms with Gasteiger partial charge in [0.05, 0.1) is 12.3 Å². The van der Waals surface area contributed by atoms with Crippen LogP contribution in [0.3, 0.4) is 0 Å². The van der Waals surface area contributed by atoms with Gasteiger partial charge in [-0.3, -0.25) is 9.63 Å². The number of nitrogen functional groups attached to an aromatic ring is 1. The van der Waals surface area contributed by atoms with E-state index in [1.165, 1.54) is 18.2 Å². The Morgan fingerprint density at radius 3 is 3.06 bits per heavy atom. The predicted molar refractivity (Wildman–Crippen MR) is 66.2 cm³/mol. The highest BCUT2D eigenvalue weighted by molar-refractivity contribution is 5.94. The van der Waals surface area contributed by atoms with Crippen molar-refractivity contribution in [3.05, 3.63) is 24.0 Å². The molecular weight excluding hydrogens is 237 g/mol. The van der Waals surface area contributed by atoms with Crippen LogP contribution in [-0.2, 0) is 9.63 Å². The Bertz CT molecular complexity index is 447. The van der Waals surface area contributed by atoms with Gasteiger partial charge in [-0.2, -0.15) is 5.06 Å². The summed E-state index contributed by atoms with van der Waals surface area (Å²) < 4.78 is 13.5. The lowest BCUT2D eigenvalue weighted by Crippen LogP contribution is -2.39. The fraction of sp³-hybridized carbons (Fsp3) is 0.417. The predicted octanol–water partition coefficient (Wildman–Crippen LogP) is 1.37. The van der Waals surface area contributed by atoms with Crippen molar-refractivity contribution in [3.63, 3.8) is 0 Å². The Labute approximate surface area is 105 Å². The molecule has 1 aliphatic rings. The first-order chi connectivity index (χ1) is 8.58. The highest BCUT2D eigenvalue weighted by Crippen LogP contribution is 2.18. The number of hydrogen-bond acceptors (Lipinski definition) is 4. The van der Waals surface area contributed by atoms with Gasteiger partial charge in [-0.15, -0.1) is 0 Å². The topological polar surface area (TPSA) is 67.6 Å². The van der Waals surface area contributed by atoms with Crippen LogP contribution in [0.2, 0.25) is 0 Å². The first kappa shape index (κ1) is 12.8.